The van der Waals surface area contributed by atoms with Gasteiger partial charge in [0.15, 0.2) is 17.6 Å². The molecule has 0 N–H and O–H groups in total. The van der Waals surface area contributed by atoms with Gasteiger partial charge in [0.1, 0.15) is 5.82 Å². The lowest BCUT2D eigenvalue weighted by atomic mass is 10.1. The molecule has 7 heteroatoms. The van der Waals surface area contributed by atoms with Gasteiger partial charge in [-0.05, 0) is 45.5 Å². The lowest BCUT2D eigenvalue weighted by molar-refractivity contribution is -0.139. The van der Waals surface area contributed by atoms with E-state index >= 15 is 0 Å². The third-order valence-corrected chi connectivity index (χ3v) is 5.80. The van der Waals surface area contributed by atoms with E-state index in [1.54, 1.807) is 14.0 Å². The number of fused-ring (bicyclic) bond motifs is 1. The van der Waals surface area contributed by atoms with Crippen molar-refractivity contribution in [1.29, 1.82) is 0 Å². The number of para-hydroxylation sites is 2. The second-order valence-corrected chi connectivity index (χ2v) is 7.76. The molecule has 2 aliphatic rings. The first-order valence-electron chi connectivity index (χ1n) is 10.2. The summed E-state index contributed by atoms with van der Waals surface area (Å²) in [5.74, 6) is 2.06. The van der Waals surface area contributed by atoms with Crippen molar-refractivity contribution in [2.75, 3.05) is 27.2 Å². The lowest BCUT2D eigenvalue weighted by Crippen LogP contribution is -2.43. The van der Waals surface area contributed by atoms with Crippen LogP contribution in [0.5, 0.6) is 11.5 Å². The highest BCUT2D eigenvalue weighted by Crippen LogP contribution is 2.30. The molecule has 4 rings (SSSR count). The number of rotatable bonds is 5. The number of carbonyl (C=O) groups excluding carboxylic acids is 1. The Hall–Kier alpha value is -2.67. The molecule has 0 aliphatic carbocycles. The smallest absolute Gasteiger partial charge is 0.263 e. The van der Waals surface area contributed by atoms with Gasteiger partial charge >= 0.3 is 0 Å². The minimum atomic E-state index is -0.597. The Morgan fingerprint density at radius 1 is 1.24 bits per heavy atom. The van der Waals surface area contributed by atoms with Crippen molar-refractivity contribution in [3.8, 4) is 11.5 Å². The van der Waals surface area contributed by atoms with Crippen molar-refractivity contribution in [1.82, 2.24) is 19.8 Å². The van der Waals surface area contributed by atoms with Gasteiger partial charge in [-0.1, -0.05) is 12.1 Å². The standard InChI is InChI=1S/C22H28N4O3/c1-15(29-20-9-5-4-8-19(20)28-3)22(27)26-12-10-17-16(14-26)13-23-21(24-17)18-7-6-11-25(18)2/h4-5,8-9,13,15,18H,6-7,10-12,14H2,1-3H3/t15-,18-/m0/s1. The van der Waals surface area contributed by atoms with Gasteiger partial charge in [0.05, 0.1) is 18.8 Å². The van der Waals surface area contributed by atoms with Crippen LogP contribution in [-0.4, -0.2) is 59.0 Å². The molecular formula is C22H28N4O3. The van der Waals surface area contributed by atoms with Gasteiger partial charge in [-0.3, -0.25) is 9.69 Å². The summed E-state index contributed by atoms with van der Waals surface area (Å²) in [5, 5.41) is 0. The number of nitrogens with zero attached hydrogens (tertiary/aromatic N) is 4. The van der Waals surface area contributed by atoms with Crippen LogP contribution in [0.1, 0.15) is 42.9 Å². The number of ether oxygens (including phenoxy) is 2. The highest BCUT2D eigenvalue weighted by Gasteiger charge is 2.30. The maximum atomic E-state index is 12.9. The second kappa shape index (κ2) is 8.37. The van der Waals surface area contributed by atoms with Crippen molar-refractivity contribution in [2.24, 2.45) is 0 Å². The van der Waals surface area contributed by atoms with Crippen LogP contribution in [0.3, 0.4) is 0 Å². The van der Waals surface area contributed by atoms with E-state index in [4.69, 9.17) is 14.5 Å². The predicted octanol–water partition coefficient (Wildman–Crippen LogP) is 2.60. The van der Waals surface area contributed by atoms with E-state index in [1.807, 2.05) is 35.4 Å². The van der Waals surface area contributed by atoms with Crippen LogP contribution in [0.2, 0.25) is 0 Å². The summed E-state index contributed by atoms with van der Waals surface area (Å²) in [6.07, 6.45) is 4.34. The van der Waals surface area contributed by atoms with Crippen molar-refractivity contribution in [2.45, 2.75) is 44.9 Å². The summed E-state index contributed by atoms with van der Waals surface area (Å²) in [6, 6.07) is 7.68. The van der Waals surface area contributed by atoms with Gasteiger partial charge in [0.25, 0.3) is 5.91 Å². The van der Waals surface area contributed by atoms with Crippen LogP contribution in [0, 0.1) is 0 Å². The zero-order chi connectivity index (χ0) is 20.4. The van der Waals surface area contributed by atoms with E-state index in [0.717, 1.165) is 36.5 Å². The summed E-state index contributed by atoms with van der Waals surface area (Å²) < 4.78 is 11.2. The summed E-state index contributed by atoms with van der Waals surface area (Å²) in [5.41, 5.74) is 2.09. The van der Waals surface area contributed by atoms with Crippen LogP contribution in [0.15, 0.2) is 30.5 Å². The Bertz CT molecular complexity index is 888. The van der Waals surface area contributed by atoms with Gasteiger partial charge in [-0.25, -0.2) is 9.97 Å². The third kappa shape index (κ3) is 4.05. The van der Waals surface area contributed by atoms with Crippen molar-refractivity contribution >= 4 is 5.91 Å². The third-order valence-electron chi connectivity index (χ3n) is 5.80. The summed E-state index contributed by atoms with van der Waals surface area (Å²) in [7, 11) is 3.72. The molecule has 154 valence electrons. The van der Waals surface area contributed by atoms with Gasteiger partial charge in [0, 0.05) is 31.3 Å². The minimum Gasteiger partial charge on any atom is -0.493 e. The fraction of sp³-hybridized carbons (Fsp3) is 0.500. The number of amides is 1. The average molecular weight is 396 g/mol. The van der Waals surface area contributed by atoms with E-state index in [1.165, 1.54) is 6.42 Å². The first-order valence-corrected chi connectivity index (χ1v) is 10.2. The molecule has 1 aromatic heterocycles. The van der Waals surface area contributed by atoms with Crippen LogP contribution < -0.4 is 9.47 Å². The number of hydrogen-bond donors (Lipinski definition) is 0. The average Bonchev–Trinajstić information content (AvgIpc) is 3.18. The molecule has 29 heavy (non-hydrogen) atoms. The van der Waals surface area contributed by atoms with Crippen LogP contribution in [0.4, 0.5) is 0 Å². The number of methoxy groups -OCH3 is 1. The van der Waals surface area contributed by atoms with Crippen molar-refractivity contribution < 1.29 is 14.3 Å². The maximum absolute atomic E-state index is 12.9. The van der Waals surface area contributed by atoms with Gasteiger partial charge in [-0.15, -0.1) is 0 Å². The Labute approximate surface area is 171 Å². The zero-order valence-corrected chi connectivity index (χ0v) is 17.3. The predicted molar refractivity (Wildman–Crippen MR) is 109 cm³/mol. The Balaban J connectivity index is 1.43. The number of likely N-dealkylation sites (tertiary alicyclic amines) is 1. The quantitative estimate of drug-likeness (QED) is 0.774. The van der Waals surface area contributed by atoms with E-state index in [9.17, 15) is 4.79 Å². The zero-order valence-electron chi connectivity index (χ0n) is 17.3. The minimum absolute atomic E-state index is 0.0406. The van der Waals surface area contributed by atoms with Gasteiger partial charge in [-0.2, -0.15) is 0 Å². The molecule has 2 aromatic rings. The normalized spacial score (nSPS) is 20.2. The molecule has 1 aromatic carbocycles. The number of hydrogen-bond acceptors (Lipinski definition) is 6. The SMILES string of the molecule is COc1ccccc1O[C@@H](C)C(=O)N1CCc2nc([C@@H]3CCCN3C)ncc2C1. The Morgan fingerprint density at radius 2 is 2.03 bits per heavy atom. The number of carbonyl (C=O) groups is 1. The van der Waals surface area contributed by atoms with E-state index < -0.39 is 6.10 Å². The van der Waals surface area contributed by atoms with E-state index in [-0.39, 0.29) is 5.91 Å². The summed E-state index contributed by atoms with van der Waals surface area (Å²) in [4.78, 5) is 26.5. The highest BCUT2D eigenvalue weighted by molar-refractivity contribution is 5.81. The molecule has 2 aliphatic heterocycles. The molecule has 0 unspecified atom stereocenters. The second-order valence-electron chi connectivity index (χ2n) is 7.76. The van der Waals surface area contributed by atoms with E-state index in [0.29, 0.717) is 30.6 Å². The van der Waals surface area contributed by atoms with Crippen LogP contribution >= 0.6 is 0 Å². The molecule has 1 amide bonds. The topological polar surface area (TPSA) is 67.8 Å². The summed E-state index contributed by atoms with van der Waals surface area (Å²) >= 11 is 0. The maximum Gasteiger partial charge on any atom is 0.263 e. The molecule has 0 saturated carbocycles. The van der Waals surface area contributed by atoms with Crippen molar-refractivity contribution in [3.05, 3.63) is 47.5 Å². The van der Waals surface area contributed by atoms with Gasteiger partial charge in [0.2, 0.25) is 0 Å². The Kier molecular flexibility index (Phi) is 5.67. The summed E-state index contributed by atoms with van der Waals surface area (Å²) in [6.45, 7) is 4.04. The molecule has 2 atom stereocenters. The van der Waals surface area contributed by atoms with E-state index in [2.05, 4.69) is 16.9 Å². The largest absolute Gasteiger partial charge is 0.493 e. The van der Waals surface area contributed by atoms with Crippen molar-refractivity contribution in [3.63, 3.8) is 0 Å². The molecule has 0 spiro atoms. The molecule has 0 bridgehead atoms. The highest BCUT2D eigenvalue weighted by atomic mass is 16.5. The fourth-order valence-electron chi connectivity index (χ4n) is 4.13. The fourth-order valence-corrected chi connectivity index (χ4v) is 4.13. The lowest BCUT2D eigenvalue weighted by Gasteiger charge is -2.31. The van der Waals surface area contributed by atoms with Crippen LogP contribution in [-0.2, 0) is 17.8 Å². The van der Waals surface area contributed by atoms with Gasteiger partial charge < -0.3 is 14.4 Å². The van der Waals surface area contributed by atoms with Crippen LogP contribution in [0.25, 0.3) is 0 Å². The molecule has 3 heterocycles. The first-order chi connectivity index (χ1) is 14.1. The number of benzene rings is 1. The molecular weight excluding hydrogens is 368 g/mol. The molecule has 7 nitrogen and oxygen atoms in total. The Morgan fingerprint density at radius 3 is 2.76 bits per heavy atom. The molecule has 0 radical (unpaired) electrons. The molecule has 1 saturated heterocycles. The number of aromatic nitrogens is 2. The first kappa shape index (κ1) is 19.6. The molecule has 1 fully saturated rings. The monoisotopic (exact) mass is 396 g/mol.